The number of aromatic nitrogens is 2. The van der Waals surface area contributed by atoms with Crippen LogP contribution in [0.5, 0.6) is 0 Å². The smallest absolute Gasteiger partial charge is 0.143 e. The molecule has 2 aromatic heterocycles. The van der Waals surface area contributed by atoms with E-state index in [0.29, 0.717) is 13.1 Å². The Hall–Kier alpha value is -2.24. The zero-order chi connectivity index (χ0) is 19.9. The maximum absolute atomic E-state index is 13.3. The highest BCUT2D eigenvalue weighted by Crippen LogP contribution is 2.33. The lowest BCUT2D eigenvalue weighted by molar-refractivity contribution is 0.0383. The maximum atomic E-state index is 13.3. The minimum absolute atomic E-state index is 0.409. The van der Waals surface area contributed by atoms with Crippen molar-refractivity contribution in [1.29, 1.82) is 0 Å². The van der Waals surface area contributed by atoms with Gasteiger partial charge in [-0.1, -0.05) is 17.7 Å². The number of hydrogen-bond donors (Lipinski definition) is 1. The minimum atomic E-state index is -1.04. The average molecular weight is 381 g/mol. The molecule has 5 heteroatoms. The Kier molecular flexibility index (Phi) is 4.98. The van der Waals surface area contributed by atoms with Gasteiger partial charge in [0.2, 0.25) is 0 Å². The van der Waals surface area contributed by atoms with E-state index in [1.54, 1.807) is 6.20 Å². The van der Waals surface area contributed by atoms with Gasteiger partial charge in [0.05, 0.1) is 6.54 Å². The molecule has 0 bridgehead atoms. The number of halogens is 1. The second kappa shape index (κ2) is 7.30. The molecule has 0 saturated carbocycles. The van der Waals surface area contributed by atoms with Crippen LogP contribution in [0.15, 0.2) is 36.5 Å². The van der Waals surface area contributed by atoms with Gasteiger partial charge in [-0.25, -0.2) is 4.39 Å². The molecule has 1 unspecified atom stereocenters. The Morgan fingerprint density at radius 2 is 1.93 bits per heavy atom. The zero-order valence-corrected chi connectivity index (χ0v) is 16.9. The van der Waals surface area contributed by atoms with Crippen LogP contribution in [0.3, 0.4) is 0 Å². The van der Waals surface area contributed by atoms with Crippen LogP contribution in [0.2, 0.25) is 0 Å². The number of rotatable bonds is 4. The van der Waals surface area contributed by atoms with Crippen LogP contribution in [-0.2, 0) is 25.0 Å². The molecule has 0 saturated heterocycles. The van der Waals surface area contributed by atoms with Crippen molar-refractivity contribution in [3.05, 3.63) is 64.6 Å². The summed E-state index contributed by atoms with van der Waals surface area (Å²) in [5, 5.41) is 12.5. The Bertz CT molecular complexity index is 991. The van der Waals surface area contributed by atoms with Crippen LogP contribution in [0.1, 0.15) is 35.0 Å². The summed E-state index contributed by atoms with van der Waals surface area (Å²) in [6, 6.07) is 10.4. The topological polar surface area (TPSA) is 41.3 Å². The van der Waals surface area contributed by atoms with Gasteiger partial charge in [0.1, 0.15) is 12.4 Å². The van der Waals surface area contributed by atoms with Crippen molar-refractivity contribution in [3.8, 4) is 0 Å². The van der Waals surface area contributed by atoms with Crippen molar-refractivity contribution in [2.75, 3.05) is 19.9 Å². The number of aryl methyl sites for hydroxylation is 2. The molecule has 0 spiro atoms. The quantitative estimate of drug-likeness (QED) is 0.697. The van der Waals surface area contributed by atoms with E-state index >= 15 is 0 Å². The number of benzene rings is 1. The Morgan fingerprint density at radius 3 is 2.64 bits per heavy atom. The van der Waals surface area contributed by atoms with Gasteiger partial charge in [-0.3, -0.25) is 9.88 Å². The van der Waals surface area contributed by atoms with E-state index in [-0.39, 0.29) is 0 Å². The van der Waals surface area contributed by atoms with E-state index in [2.05, 4.69) is 34.7 Å². The number of alkyl halides is 1. The third kappa shape index (κ3) is 3.45. The molecule has 0 radical (unpaired) electrons. The largest absolute Gasteiger partial charge is 0.384 e. The van der Waals surface area contributed by atoms with E-state index in [9.17, 15) is 9.50 Å². The molecule has 0 amide bonds. The molecule has 4 nitrogen and oxygen atoms in total. The number of nitrogens with zero attached hydrogens (tertiary/aromatic N) is 3. The molecule has 3 heterocycles. The third-order valence-electron chi connectivity index (χ3n) is 5.95. The summed E-state index contributed by atoms with van der Waals surface area (Å²) >= 11 is 0. The predicted molar refractivity (Wildman–Crippen MR) is 110 cm³/mol. The first-order chi connectivity index (χ1) is 13.4. The lowest BCUT2D eigenvalue weighted by Crippen LogP contribution is -2.29. The molecular formula is C23H28FN3O. The molecule has 1 aromatic carbocycles. The molecule has 0 aliphatic carbocycles. The van der Waals surface area contributed by atoms with Gasteiger partial charge in [0.25, 0.3) is 0 Å². The molecule has 1 aliphatic rings. The SMILES string of the molecule is Cc1ccc2c(c1)c1c(n2CC(C)(O)c2ccc(C)nc2)CCN(CF)CC1. The molecule has 4 rings (SSSR count). The van der Waals surface area contributed by atoms with Crippen LogP contribution < -0.4 is 0 Å². The first-order valence-electron chi connectivity index (χ1n) is 9.93. The highest BCUT2D eigenvalue weighted by Gasteiger charge is 2.29. The van der Waals surface area contributed by atoms with E-state index in [1.807, 2.05) is 30.9 Å². The fraction of sp³-hybridized carbons (Fsp3) is 0.435. The summed E-state index contributed by atoms with van der Waals surface area (Å²) in [5.74, 6) is 0. The molecular weight excluding hydrogens is 353 g/mol. The van der Waals surface area contributed by atoms with Crippen molar-refractivity contribution < 1.29 is 9.50 Å². The molecule has 1 atom stereocenters. The number of fused-ring (bicyclic) bond motifs is 3. The zero-order valence-electron chi connectivity index (χ0n) is 16.9. The number of pyridine rings is 1. The van der Waals surface area contributed by atoms with Crippen molar-refractivity contribution in [3.63, 3.8) is 0 Å². The normalized spacial score (nSPS) is 17.3. The van der Waals surface area contributed by atoms with Crippen LogP contribution in [0.25, 0.3) is 10.9 Å². The van der Waals surface area contributed by atoms with E-state index < -0.39 is 12.4 Å². The van der Waals surface area contributed by atoms with Crippen LogP contribution in [0.4, 0.5) is 4.39 Å². The Balaban J connectivity index is 1.80. The summed E-state index contributed by atoms with van der Waals surface area (Å²) in [4.78, 5) is 6.21. The molecule has 28 heavy (non-hydrogen) atoms. The molecule has 0 fully saturated rings. The van der Waals surface area contributed by atoms with Crippen LogP contribution >= 0.6 is 0 Å². The fourth-order valence-electron chi connectivity index (χ4n) is 4.29. The van der Waals surface area contributed by atoms with Gasteiger partial charge < -0.3 is 9.67 Å². The lowest BCUT2D eigenvalue weighted by Gasteiger charge is -2.26. The van der Waals surface area contributed by atoms with E-state index in [4.69, 9.17) is 0 Å². The predicted octanol–water partition coefficient (Wildman–Crippen LogP) is 3.89. The first-order valence-corrected chi connectivity index (χ1v) is 9.93. The fourth-order valence-corrected chi connectivity index (χ4v) is 4.29. The van der Waals surface area contributed by atoms with Crippen LogP contribution in [-0.4, -0.2) is 39.4 Å². The van der Waals surface area contributed by atoms with Crippen molar-refractivity contribution >= 4 is 10.9 Å². The first kappa shape index (κ1) is 19.1. The number of hydrogen-bond acceptors (Lipinski definition) is 3. The minimum Gasteiger partial charge on any atom is -0.384 e. The average Bonchev–Trinajstić information content (AvgIpc) is 2.82. The van der Waals surface area contributed by atoms with E-state index in [1.165, 1.54) is 22.2 Å². The Labute approximate surface area is 165 Å². The molecule has 3 aromatic rings. The lowest BCUT2D eigenvalue weighted by atomic mass is 9.97. The van der Waals surface area contributed by atoms with Gasteiger partial charge in [0, 0.05) is 53.6 Å². The van der Waals surface area contributed by atoms with Crippen molar-refractivity contribution in [2.24, 2.45) is 0 Å². The number of aliphatic hydroxyl groups is 1. The third-order valence-corrected chi connectivity index (χ3v) is 5.95. The Morgan fingerprint density at radius 1 is 1.14 bits per heavy atom. The monoisotopic (exact) mass is 381 g/mol. The summed E-state index contributed by atoms with van der Waals surface area (Å²) < 4.78 is 15.5. The molecule has 1 aliphatic heterocycles. The van der Waals surface area contributed by atoms with Gasteiger partial charge >= 0.3 is 0 Å². The summed E-state index contributed by atoms with van der Waals surface area (Å²) in [6.07, 6.45) is 3.38. The summed E-state index contributed by atoms with van der Waals surface area (Å²) in [6.45, 7) is 7.35. The summed E-state index contributed by atoms with van der Waals surface area (Å²) in [5.41, 5.74) is 5.57. The van der Waals surface area contributed by atoms with Gasteiger partial charge in [-0.05, 0) is 51.0 Å². The maximum Gasteiger partial charge on any atom is 0.143 e. The van der Waals surface area contributed by atoms with Crippen molar-refractivity contribution in [1.82, 2.24) is 14.5 Å². The second-order valence-electron chi connectivity index (χ2n) is 8.23. The highest BCUT2D eigenvalue weighted by atomic mass is 19.1. The van der Waals surface area contributed by atoms with E-state index in [0.717, 1.165) is 36.2 Å². The summed E-state index contributed by atoms with van der Waals surface area (Å²) in [7, 11) is 0. The highest BCUT2D eigenvalue weighted by molar-refractivity contribution is 5.86. The van der Waals surface area contributed by atoms with Gasteiger partial charge in [-0.15, -0.1) is 0 Å². The van der Waals surface area contributed by atoms with Gasteiger partial charge in [-0.2, -0.15) is 0 Å². The second-order valence-corrected chi connectivity index (χ2v) is 8.23. The standard InChI is InChI=1S/C23H28FN3O/c1-16-4-7-21-20(12-16)19-8-10-26(15-24)11-9-22(19)27(21)14-23(3,28)18-6-5-17(2)25-13-18/h4-7,12-13,28H,8-11,14-15H2,1-3H3. The molecule has 1 N–H and O–H groups in total. The van der Waals surface area contributed by atoms with Crippen LogP contribution in [0, 0.1) is 13.8 Å². The van der Waals surface area contributed by atoms with Crippen molar-refractivity contribution in [2.45, 2.75) is 45.8 Å². The molecule has 148 valence electrons. The van der Waals surface area contributed by atoms with Gasteiger partial charge in [0.15, 0.2) is 0 Å².